The molecule has 20 heavy (non-hydrogen) atoms. The molecule has 2 rings (SSSR count). The zero-order chi connectivity index (χ0) is 14.9. The van der Waals surface area contributed by atoms with Crippen LogP contribution in [0.3, 0.4) is 0 Å². The topological polar surface area (TPSA) is 33.2 Å². The average molecular weight is 293 g/mol. The molecule has 1 N–H and O–H groups in total. The Labute approximate surface area is 125 Å². The first kappa shape index (κ1) is 15.1. The summed E-state index contributed by atoms with van der Waals surface area (Å²) < 4.78 is 8.28. The van der Waals surface area contributed by atoms with Gasteiger partial charge in [-0.2, -0.15) is 0 Å². The number of H-pyrrole nitrogens is 1. The third-order valence-corrected chi connectivity index (χ3v) is 3.88. The number of methoxy groups -OCH3 is 1. The minimum atomic E-state index is 0.347. The first-order valence-electron chi connectivity index (χ1n) is 6.87. The van der Waals surface area contributed by atoms with Crippen molar-refractivity contribution in [2.75, 3.05) is 27.7 Å². The predicted octanol–water partition coefficient (Wildman–Crippen LogP) is 3.47. The van der Waals surface area contributed by atoms with Crippen molar-refractivity contribution < 1.29 is 4.74 Å². The number of nitrogens with zero attached hydrogens (tertiary/aromatic N) is 2. The number of benzene rings is 1. The van der Waals surface area contributed by atoms with Crippen molar-refractivity contribution in [2.24, 2.45) is 5.92 Å². The second kappa shape index (κ2) is 5.97. The molecule has 0 amide bonds. The maximum atomic E-state index is 5.53. The van der Waals surface area contributed by atoms with E-state index in [1.165, 1.54) is 0 Å². The van der Waals surface area contributed by atoms with E-state index in [0.717, 1.165) is 28.1 Å². The average Bonchev–Trinajstić information content (AvgIpc) is 2.70. The molecule has 1 atom stereocenters. The van der Waals surface area contributed by atoms with Gasteiger partial charge in [-0.1, -0.05) is 13.8 Å². The molecule has 0 spiro atoms. The van der Waals surface area contributed by atoms with Gasteiger partial charge in [-0.15, -0.1) is 0 Å². The van der Waals surface area contributed by atoms with Crippen molar-refractivity contribution >= 4 is 23.3 Å². The molecule has 1 aromatic carbocycles. The van der Waals surface area contributed by atoms with Crippen LogP contribution >= 0.6 is 12.2 Å². The fourth-order valence-corrected chi connectivity index (χ4v) is 2.87. The van der Waals surface area contributed by atoms with E-state index in [1.54, 1.807) is 7.11 Å². The van der Waals surface area contributed by atoms with Gasteiger partial charge in [0.15, 0.2) is 4.77 Å². The molecule has 0 saturated heterocycles. The third-order valence-electron chi connectivity index (χ3n) is 3.58. The number of likely N-dealkylation sites (N-methyl/N-ethyl adjacent to an activating group) is 1. The van der Waals surface area contributed by atoms with Gasteiger partial charge in [-0.05, 0) is 44.4 Å². The number of ether oxygens (including phenoxy) is 1. The highest BCUT2D eigenvalue weighted by molar-refractivity contribution is 7.71. The lowest BCUT2D eigenvalue weighted by molar-refractivity contribution is 0.272. The quantitative estimate of drug-likeness (QED) is 0.857. The van der Waals surface area contributed by atoms with Crippen LogP contribution in [-0.4, -0.2) is 42.2 Å². The fourth-order valence-electron chi connectivity index (χ4n) is 2.53. The van der Waals surface area contributed by atoms with Gasteiger partial charge in [0.05, 0.1) is 24.2 Å². The Balaban J connectivity index is 2.57. The number of imidazole rings is 1. The maximum Gasteiger partial charge on any atom is 0.178 e. The largest absolute Gasteiger partial charge is 0.497 e. The van der Waals surface area contributed by atoms with Gasteiger partial charge in [-0.25, -0.2) is 0 Å². The predicted molar refractivity (Wildman–Crippen MR) is 86.1 cm³/mol. The molecule has 110 valence electrons. The monoisotopic (exact) mass is 293 g/mol. The van der Waals surface area contributed by atoms with Crippen LogP contribution in [0.5, 0.6) is 5.75 Å². The van der Waals surface area contributed by atoms with Crippen LogP contribution in [0.15, 0.2) is 18.2 Å². The van der Waals surface area contributed by atoms with E-state index in [4.69, 9.17) is 17.0 Å². The van der Waals surface area contributed by atoms with Gasteiger partial charge in [0.25, 0.3) is 0 Å². The van der Waals surface area contributed by atoms with Gasteiger partial charge < -0.3 is 19.2 Å². The zero-order valence-electron chi connectivity index (χ0n) is 12.8. The van der Waals surface area contributed by atoms with Gasteiger partial charge in [0, 0.05) is 12.6 Å². The molecule has 0 saturated carbocycles. The molecule has 0 fully saturated rings. The van der Waals surface area contributed by atoms with Crippen LogP contribution in [0.4, 0.5) is 0 Å². The lowest BCUT2D eigenvalue weighted by Gasteiger charge is -2.26. The Bertz CT molecular complexity index is 642. The maximum absolute atomic E-state index is 5.53. The lowest BCUT2D eigenvalue weighted by atomic mass is 10.0. The van der Waals surface area contributed by atoms with Crippen LogP contribution in [0.1, 0.15) is 19.9 Å². The summed E-state index contributed by atoms with van der Waals surface area (Å²) in [6, 6.07) is 6.40. The SMILES string of the molecule is COc1ccc2c(c1)[nH]c(=S)n2C(CN(C)C)C(C)C. The molecular weight excluding hydrogens is 270 g/mol. The van der Waals surface area contributed by atoms with Crippen LogP contribution in [0.25, 0.3) is 11.0 Å². The molecule has 0 bridgehead atoms. The van der Waals surface area contributed by atoms with Gasteiger partial charge in [-0.3, -0.25) is 0 Å². The van der Waals surface area contributed by atoms with Crippen molar-refractivity contribution in [1.82, 2.24) is 14.5 Å². The van der Waals surface area contributed by atoms with Crippen molar-refractivity contribution in [3.05, 3.63) is 23.0 Å². The third kappa shape index (κ3) is 2.88. The summed E-state index contributed by atoms with van der Waals surface area (Å²) in [4.78, 5) is 5.49. The number of aromatic amines is 1. The number of fused-ring (bicyclic) bond motifs is 1. The molecule has 0 aliphatic carbocycles. The van der Waals surface area contributed by atoms with E-state index in [0.29, 0.717) is 12.0 Å². The summed E-state index contributed by atoms with van der Waals surface area (Å²) in [5.74, 6) is 1.35. The molecule has 1 heterocycles. The number of nitrogens with one attached hydrogen (secondary N) is 1. The summed E-state index contributed by atoms with van der Waals surface area (Å²) in [5, 5.41) is 0. The van der Waals surface area contributed by atoms with Crippen LogP contribution in [0.2, 0.25) is 0 Å². The molecule has 0 aliphatic rings. The molecular formula is C15H23N3OS. The van der Waals surface area contributed by atoms with Crippen LogP contribution in [-0.2, 0) is 0 Å². The minimum Gasteiger partial charge on any atom is -0.497 e. The first-order chi connectivity index (χ1) is 9.43. The van der Waals surface area contributed by atoms with Gasteiger partial charge >= 0.3 is 0 Å². The van der Waals surface area contributed by atoms with E-state index in [-0.39, 0.29) is 0 Å². The van der Waals surface area contributed by atoms with E-state index in [1.807, 2.05) is 12.1 Å². The Kier molecular flexibility index (Phi) is 4.50. The number of rotatable bonds is 5. The number of hydrogen-bond donors (Lipinski definition) is 1. The van der Waals surface area contributed by atoms with Crippen molar-refractivity contribution in [3.63, 3.8) is 0 Å². The van der Waals surface area contributed by atoms with Crippen molar-refractivity contribution in [3.8, 4) is 5.75 Å². The molecule has 2 aromatic rings. The van der Waals surface area contributed by atoms with E-state index >= 15 is 0 Å². The van der Waals surface area contributed by atoms with E-state index < -0.39 is 0 Å². The summed E-state index contributed by atoms with van der Waals surface area (Å²) in [7, 11) is 5.86. The minimum absolute atomic E-state index is 0.347. The first-order valence-corrected chi connectivity index (χ1v) is 7.28. The second-order valence-electron chi connectivity index (χ2n) is 5.76. The zero-order valence-corrected chi connectivity index (χ0v) is 13.6. The molecule has 0 aliphatic heterocycles. The normalized spacial score (nSPS) is 13.3. The molecule has 1 aromatic heterocycles. The van der Waals surface area contributed by atoms with Gasteiger partial charge in [0.2, 0.25) is 0 Å². The Morgan fingerprint density at radius 1 is 1.35 bits per heavy atom. The highest BCUT2D eigenvalue weighted by Crippen LogP contribution is 2.27. The summed E-state index contributed by atoms with van der Waals surface area (Å²) in [5.41, 5.74) is 2.16. The van der Waals surface area contributed by atoms with Crippen LogP contribution < -0.4 is 4.74 Å². The molecule has 5 heteroatoms. The Morgan fingerprint density at radius 2 is 2.05 bits per heavy atom. The summed E-state index contributed by atoms with van der Waals surface area (Å²) in [6.07, 6.45) is 0. The number of hydrogen-bond acceptors (Lipinski definition) is 3. The highest BCUT2D eigenvalue weighted by Gasteiger charge is 2.20. The van der Waals surface area contributed by atoms with E-state index in [2.05, 4.69) is 48.5 Å². The molecule has 0 radical (unpaired) electrons. The number of aromatic nitrogens is 2. The summed E-state index contributed by atoms with van der Waals surface area (Å²) >= 11 is 5.53. The Morgan fingerprint density at radius 3 is 2.60 bits per heavy atom. The molecule has 1 unspecified atom stereocenters. The molecule has 4 nitrogen and oxygen atoms in total. The van der Waals surface area contributed by atoms with Crippen molar-refractivity contribution in [1.29, 1.82) is 0 Å². The second-order valence-corrected chi connectivity index (χ2v) is 6.14. The highest BCUT2D eigenvalue weighted by atomic mass is 32.1. The smallest absolute Gasteiger partial charge is 0.178 e. The fraction of sp³-hybridized carbons (Fsp3) is 0.533. The van der Waals surface area contributed by atoms with E-state index in [9.17, 15) is 0 Å². The van der Waals surface area contributed by atoms with Crippen molar-refractivity contribution in [2.45, 2.75) is 19.9 Å². The lowest BCUT2D eigenvalue weighted by Crippen LogP contribution is -2.28. The standard InChI is InChI=1S/C15H23N3OS/c1-10(2)14(9-17(3)4)18-13-7-6-11(19-5)8-12(13)16-15(18)20/h6-8,10,14H,9H2,1-5H3,(H,16,20). The summed E-state index contributed by atoms with van der Waals surface area (Å²) in [6.45, 7) is 5.43. The van der Waals surface area contributed by atoms with Crippen LogP contribution in [0, 0.1) is 10.7 Å². The Hall–Kier alpha value is -1.33. The van der Waals surface area contributed by atoms with Gasteiger partial charge in [0.1, 0.15) is 5.75 Å².